The van der Waals surface area contributed by atoms with Crippen LogP contribution in [0.2, 0.25) is 0 Å². The molecule has 0 aliphatic heterocycles. The minimum atomic E-state index is -0.225. The lowest BCUT2D eigenvalue weighted by molar-refractivity contribution is -0.121. The van der Waals surface area contributed by atoms with Crippen molar-refractivity contribution in [3.05, 3.63) is 90.5 Å². The average Bonchev–Trinajstić information content (AvgIpc) is 2.77. The van der Waals surface area contributed by atoms with E-state index in [9.17, 15) is 9.59 Å². The van der Waals surface area contributed by atoms with Crippen molar-refractivity contribution >= 4 is 11.8 Å². The van der Waals surface area contributed by atoms with Crippen LogP contribution in [-0.2, 0) is 4.79 Å². The van der Waals surface area contributed by atoms with Crippen molar-refractivity contribution in [1.82, 2.24) is 10.2 Å². The maximum atomic E-state index is 12.3. The molecule has 0 aliphatic carbocycles. The third-order valence-corrected chi connectivity index (χ3v) is 4.40. The van der Waals surface area contributed by atoms with Crippen LogP contribution in [0.1, 0.15) is 10.4 Å². The first-order valence-corrected chi connectivity index (χ1v) is 9.49. The molecule has 3 aromatic rings. The summed E-state index contributed by atoms with van der Waals surface area (Å²) in [5.74, 6) is 0.356. The molecule has 0 saturated heterocycles. The topological polar surface area (TPSA) is 58.6 Å². The standard InChI is InChI=1S/C24H24N2O3/c1-26(24(28)20-12-6-3-7-13-20)18-23(27)25-16-17-29-22-15-9-8-14-21(22)19-10-4-2-5-11-19/h2-15H,16-18H2,1H3,(H,25,27). The van der Waals surface area contributed by atoms with Crippen LogP contribution < -0.4 is 10.1 Å². The zero-order valence-corrected chi connectivity index (χ0v) is 16.4. The summed E-state index contributed by atoms with van der Waals surface area (Å²) in [6.45, 7) is 0.690. The molecule has 0 aliphatic rings. The Morgan fingerprint density at radius 2 is 1.48 bits per heavy atom. The lowest BCUT2D eigenvalue weighted by Crippen LogP contribution is -2.39. The van der Waals surface area contributed by atoms with Gasteiger partial charge in [-0.2, -0.15) is 0 Å². The number of likely N-dealkylation sites (N-methyl/N-ethyl adjacent to an activating group) is 1. The zero-order chi connectivity index (χ0) is 20.5. The molecule has 0 radical (unpaired) electrons. The van der Waals surface area contributed by atoms with Gasteiger partial charge in [0.05, 0.1) is 13.1 Å². The second-order valence-corrected chi connectivity index (χ2v) is 6.59. The van der Waals surface area contributed by atoms with Crippen molar-refractivity contribution < 1.29 is 14.3 Å². The van der Waals surface area contributed by atoms with Gasteiger partial charge in [0.2, 0.25) is 5.91 Å². The van der Waals surface area contributed by atoms with Gasteiger partial charge in [0.1, 0.15) is 12.4 Å². The Balaban J connectivity index is 1.46. The smallest absolute Gasteiger partial charge is 0.254 e. The van der Waals surface area contributed by atoms with Gasteiger partial charge in [-0.15, -0.1) is 0 Å². The van der Waals surface area contributed by atoms with Gasteiger partial charge in [-0.25, -0.2) is 0 Å². The van der Waals surface area contributed by atoms with Gasteiger partial charge in [0.15, 0.2) is 0 Å². The van der Waals surface area contributed by atoms with E-state index >= 15 is 0 Å². The van der Waals surface area contributed by atoms with Gasteiger partial charge < -0.3 is 15.0 Å². The van der Waals surface area contributed by atoms with Gasteiger partial charge >= 0.3 is 0 Å². The first kappa shape index (κ1) is 20.1. The third kappa shape index (κ3) is 5.69. The highest BCUT2D eigenvalue weighted by Gasteiger charge is 2.14. The maximum absolute atomic E-state index is 12.3. The number of para-hydroxylation sites is 1. The Kier molecular flexibility index (Phi) is 7.00. The molecule has 0 spiro atoms. The fourth-order valence-electron chi connectivity index (χ4n) is 2.94. The number of carbonyl (C=O) groups excluding carboxylic acids is 2. The number of benzene rings is 3. The molecule has 0 bridgehead atoms. The van der Waals surface area contributed by atoms with Crippen molar-refractivity contribution in [1.29, 1.82) is 0 Å². The summed E-state index contributed by atoms with van der Waals surface area (Å²) in [4.78, 5) is 25.8. The van der Waals surface area contributed by atoms with Crippen LogP contribution in [0.15, 0.2) is 84.9 Å². The van der Waals surface area contributed by atoms with Crippen molar-refractivity contribution in [2.75, 3.05) is 26.7 Å². The van der Waals surface area contributed by atoms with Gasteiger partial charge in [0, 0.05) is 18.2 Å². The van der Waals surface area contributed by atoms with Crippen molar-refractivity contribution in [2.24, 2.45) is 0 Å². The van der Waals surface area contributed by atoms with E-state index in [-0.39, 0.29) is 18.4 Å². The lowest BCUT2D eigenvalue weighted by atomic mass is 10.1. The molecule has 29 heavy (non-hydrogen) atoms. The highest BCUT2D eigenvalue weighted by molar-refractivity contribution is 5.96. The Bertz CT molecular complexity index is 943. The van der Waals surface area contributed by atoms with Crippen LogP contribution >= 0.6 is 0 Å². The van der Waals surface area contributed by atoms with E-state index in [1.807, 2.05) is 60.7 Å². The number of rotatable bonds is 8. The SMILES string of the molecule is CN(CC(=O)NCCOc1ccccc1-c1ccccc1)C(=O)c1ccccc1. The molecule has 3 rings (SSSR count). The Labute approximate surface area is 170 Å². The number of nitrogens with one attached hydrogen (secondary N) is 1. The summed E-state index contributed by atoms with van der Waals surface area (Å²) < 4.78 is 5.87. The number of hydrogen-bond donors (Lipinski definition) is 1. The van der Waals surface area contributed by atoms with Gasteiger partial charge in [0.25, 0.3) is 5.91 Å². The molecule has 0 saturated carbocycles. The number of hydrogen-bond acceptors (Lipinski definition) is 3. The Hall–Kier alpha value is -3.60. The van der Waals surface area contributed by atoms with Crippen molar-refractivity contribution in [3.63, 3.8) is 0 Å². The fourth-order valence-corrected chi connectivity index (χ4v) is 2.94. The van der Waals surface area contributed by atoms with Crippen LogP contribution in [0.5, 0.6) is 5.75 Å². The van der Waals surface area contributed by atoms with Crippen LogP contribution in [-0.4, -0.2) is 43.5 Å². The van der Waals surface area contributed by atoms with Crippen molar-refractivity contribution in [3.8, 4) is 16.9 Å². The fraction of sp³-hybridized carbons (Fsp3) is 0.167. The van der Waals surface area contributed by atoms with Crippen LogP contribution in [0.4, 0.5) is 0 Å². The summed E-state index contributed by atoms with van der Waals surface area (Å²) in [6, 6.07) is 26.7. The van der Waals surface area contributed by atoms with E-state index in [1.54, 1.807) is 31.3 Å². The first-order valence-electron chi connectivity index (χ1n) is 9.49. The molecule has 148 valence electrons. The molecule has 0 fully saturated rings. The second kappa shape index (κ2) is 10.1. The third-order valence-electron chi connectivity index (χ3n) is 4.40. The summed E-state index contributed by atoms with van der Waals surface area (Å²) in [6.07, 6.45) is 0. The van der Waals surface area contributed by atoms with Gasteiger partial charge in [-0.3, -0.25) is 9.59 Å². The van der Waals surface area contributed by atoms with E-state index < -0.39 is 0 Å². The van der Waals surface area contributed by atoms with Crippen LogP contribution in [0, 0.1) is 0 Å². The predicted molar refractivity (Wildman–Crippen MR) is 114 cm³/mol. The van der Waals surface area contributed by atoms with E-state index in [4.69, 9.17) is 4.74 Å². The Morgan fingerprint density at radius 3 is 2.21 bits per heavy atom. The zero-order valence-electron chi connectivity index (χ0n) is 16.4. The van der Waals surface area contributed by atoms with Crippen LogP contribution in [0.3, 0.4) is 0 Å². The summed E-state index contributed by atoms with van der Waals surface area (Å²) >= 11 is 0. The predicted octanol–water partition coefficient (Wildman–Crippen LogP) is 3.62. The molecule has 5 nitrogen and oxygen atoms in total. The number of nitrogens with zero attached hydrogens (tertiary/aromatic N) is 1. The molecular formula is C24H24N2O3. The molecule has 2 amide bonds. The molecule has 0 heterocycles. The molecule has 5 heteroatoms. The van der Waals surface area contributed by atoms with Gasteiger partial charge in [-0.05, 0) is 23.8 Å². The van der Waals surface area contributed by atoms with Crippen LogP contribution in [0.25, 0.3) is 11.1 Å². The summed E-state index contributed by atoms with van der Waals surface area (Å²) in [5, 5.41) is 2.79. The molecule has 0 aromatic heterocycles. The monoisotopic (exact) mass is 388 g/mol. The second-order valence-electron chi connectivity index (χ2n) is 6.59. The number of carbonyl (C=O) groups is 2. The quantitative estimate of drug-likeness (QED) is 0.600. The molecule has 1 N–H and O–H groups in total. The highest BCUT2D eigenvalue weighted by Crippen LogP contribution is 2.29. The number of ether oxygens (including phenoxy) is 1. The lowest BCUT2D eigenvalue weighted by Gasteiger charge is -2.17. The molecule has 0 unspecified atom stereocenters. The number of amides is 2. The molecular weight excluding hydrogens is 364 g/mol. The largest absolute Gasteiger partial charge is 0.491 e. The highest BCUT2D eigenvalue weighted by atomic mass is 16.5. The normalized spacial score (nSPS) is 10.2. The molecule has 3 aromatic carbocycles. The van der Waals surface area contributed by atoms with Crippen molar-refractivity contribution in [2.45, 2.75) is 0 Å². The summed E-state index contributed by atoms with van der Waals surface area (Å²) in [7, 11) is 1.61. The van der Waals surface area contributed by atoms with E-state index in [2.05, 4.69) is 5.32 Å². The summed E-state index contributed by atoms with van der Waals surface area (Å²) in [5.41, 5.74) is 2.64. The first-order chi connectivity index (χ1) is 14.1. The van der Waals surface area contributed by atoms with Gasteiger partial charge in [-0.1, -0.05) is 66.7 Å². The average molecular weight is 388 g/mol. The maximum Gasteiger partial charge on any atom is 0.254 e. The van der Waals surface area contributed by atoms with E-state index in [1.165, 1.54) is 4.90 Å². The Morgan fingerprint density at radius 1 is 0.862 bits per heavy atom. The van der Waals surface area contributed by atoms with E-state index in [0.29, 0.717) is 18.7 Å². The minimum Gasteiger partial charge on any atom is -0.491 e. The van der Waals surface area contributed by atoms with E-state index in [0.717, 1.165) is 16.9 Å². The minimum absolute atomic E-state index is 0.00563. The molecule has 0 atom stereocenters.